The predicted molar refractivity (Wildman–Crippen MR) is 103 cm³/mol. The number of hydrogen-bond donors (Lipinski definition) is 0. The highest BCUT2D eigenvalue weighted by molar-refractivity contribution is 6.66. The van der Waals surface area contributed by atoms with Crippen LogP contribution in [0.2, 0.25) is 0 Å². The highest BCUT2D eigenvalue weighted by atomic mass is 19.2. The van der Waals surface area contributed by atoms with E-state index in [0.29, 0.717) is 18.2 Å². The van der Waals surface area contributed by atoms with Gasteiger partial charge in [0.2, 0.25) is 5.82 Å². The fourth-order valence-corrected chi connectivity index (χ4v) is 3.29. The fourth-order valence-electron chi connectivity index (χ4n) is 3.29. The van der Waals surface area contributed by atoms with E-state index in [0.717, 1.165) is 0 Å². The molecule has 192 valence electrons. The first kappa shape index (κ1) is 26.0. The van der Waals surface area contributed by atoms with Crippen molar-refractivity contribution >= 4 is 23.4 Å². The highest BCUT2D eigenvalue weighted by Gasteiger charge is 2.41. The van der Waals surface area contributed by atoms with Gasteiger partial charge in [0, 0.05) is 11.5 Å². The molecule has 0 aliphatic rings. The van der Waals surface area contributed by atoms with Crippen molar-refractivity contribution in [3.63, 3.8) is 0 Å². The molecule has 0 saturated carbocycles. The summed E-state index contributed by atoms with van der Waals surface area (Å²) in [7, 11) is -2.96. The molecule has 4 aromatic carbocycles. The minimum absolute atomic E-state index is 0.180. The summed E-state index contributed by atoms with van der Waals surface area (Å²) in [5.74, 6) is -29.3. The largest absolute Gasteiger partial charge is 0.636 e. The van der Waals surface area contributed by atoms with Gasteiger partial charge in [-0.05, 0) is 24.3 Å². The molecule has 0 aliphatic heterocycles. The van der Waals surface area contributed by atoms with Crippen LogP contribution in [-0.2, 0) is 0 Å². The van der Waals surface area contributed by atoms with Crippen LogP contribution in [0.4, 0.5) is 52.7 Å². The number of hydrogen-bond acceptors (Lipinski definition) is 2. The molecule has 0 amide bonds. The molecule has 0 radical (unpaired) electrons. The second-order valence-corrected chi connectivity index (χ2v) is 7.18. The summed E-state index contributed by atoms with van der Waals surface area (Å²) in [5.41, 5.74) is -1.82. The zero-order valence-electron chi connectivity index (χ0n) is 17.3. The maximum absolute atomic E-state index is 14.9. The molecule has 0 saturated heterocycles. The lowest BCUT2D eigenvalue weighted by molar-refractivity contribution is 0.379. The van der Waals surface area contributed by atoms with E-state index < -0.39 is 105 Å². The maximum atomic E-state index is 14.9. The molecule has 0 N–H and O–H groups in total. The minimum atomic E-state index is -2.96. The number of fused-ring (bicyclic) bond motifs is 1. The molecule has 4 aromatic rings. The van der Waals surface area contributed by atoms with Crippen LogP contribution in [0, 0.1) is 69.8 Å². The van der Waals surface area contributed by atoms with E-state index in [9.17, 15) is 52.7 Å². The highest BCUT2D eigenvalue weighted by Crippen LogP contribution is 2.32. The quantitative estimate of drug-likeness (QED) is 0.127. The molecule has 0 aliphatic carbocycles. The molecule has 0 atom stereocenters. The SMILES string of the molecule is Fc1ccc(OB(Oc2ccc(F)c(F)c2F)c2c(F)c(F)c(F)c3c(F)c(F)c(F)c(F)c23)c(F)c1. The summed E-state index contributed by atoms with van der Waals surface area (Å²) in [6, 6.07) is 1.84. The Labute approximate surface area is 197 Å². The van der Waals surface area contributed by atoms with E-state index in [2.05, 4.69) is 0 Å². The van der Waals surface area contributed by atoms with Crippen molar-refractivity contribution in [3.05, 3.63) is 100 Å². The third kappa shape index (κ3) is 4.27. The van der Waals surface area contributed by atoms with E-state index in [1.807, 2.05) is 0 Å². The van der Waals surface area contributed by atoms with Crippen molar-refractivity contribution in [2.24, 2.45) is 0 Å². The monoisotopic (exact) mass is 540 g/mol. The second kappa shape index (κ2) is 9.44. The van der Waals surface area contributed by atoms with Crippen LogP contribution in [0.25, 0.3) is 10.8 Å². The van der Waals surface area contributed by atoms with Gasteiger partial charge in [-0.2, -0.15) is 4.39 Å². The van der Waals surface area contributed by atoms with Gasteiger partial charge in [0.05, 0.1) is 10.8 Å². The van der Waals surface area contributed by atoms with Gasteiger partial charge >= 0.3 is 7.12 Å². The number of benzene rings is 4. The molecule has 0 aromatic heterocycles. The molecule has 37 heavy (non-hydrogen) atoms. The van der Waals surface area contributed by atoms with Gasteiger partial charge in [-0.3, -0.25) is 0 Å². The molecule has 0 fully saturated rings. The van der Waals surface area contributed by atoms with Crippen LogP contribution in [0.15, 0.2) is 30.3 Å². The van der Waals surface area contributed by atoms with E-state index in [4.69, 9.17) is 9.31 Å². The van der Waals surface area contributed by atoms with Gasteiger partial charge in [0.25, 0.3) is 0 Å². The van der Waals surface area contributed by atoms with E-state index in [-0.39, 0.29) is 12.1 Å². The second-order valence-electron chi connectivity index (χ2n) is 7.18. The van der Waals surface area contributed by atoms with Crippen LogP contribution in [0.3, 0.4) is 0 Å². The minimum Gasteiger partial charge on any atom is -0.520 e. The van der Waals surface area contributed by atoms with Crippen molar-refractivity contribution in [1.29, 1.82) is 0 Å². The molecule has 4 rings (SSSR count). The van der Waals surface area contributed by atoms with Crippen LogP contribution >= 0.6 is 0 Å². The molecular formula is C22H5BF12O2. The van der Waals surface area contributed by atoms with Crippen molar-refractivity contribution in [1.82, 2.24) is 0 Å². The van der Waals surface area contributed by atoms with E-state index >= 15 is 0 Å². The molecular weight excluding hydrogens is 535 g/mol. The standard InChI is InChI=1S/C22H5BF12O2/c24-6-1-3-9(8(26)5-6)36-23(37-10-4-2-7(25)14(27)15(10)28)13-11-12(17(30)20(33)19(13)32)18(31)22(35)21(34)16(11)29/h1-5H. The van der Waals surface area contributed by atoms with Gasteiger partial charge < -0.3 is 9.31 Å². The fraction of sp³-hybridized carbons (Fsp3) is 0. The predicted octanol–water partition coefficient (Wildman–Crippen LogP) is 6.36. The first-order valence-electron chi connectivity index (χ1n) is 9.58. The van der Waals surface area contributed by atoms with Gasteiger partial charge in [0.1, 0.15) is 17.3 Å². The van der Waals surface area contributed by atoms with Crippen molar-refractivity contribution in [3.8, 4) is 11.5 Å². The molecule has 15 heteroatoms. The topological polar surface area (TPSA) is 18.5 Å². The van der Waals surface area contributed by atoms with Gasteiger partial charge in [-0.25, -0.2) is 48.3 Å². The Kier molecular flexibility index (Phi) is 6.65. The Balaban J connectivity index is 2.06. The summed E-state index contributed by atoms with van der Waals surface area (Å²) < 4.78 is 179. The first-order valence-corrected chi connectivity index (χ1v) is 9.58. The van der Waals surface area contributed by atoms with Crippen LogP contribution in [0.5, 0.6) is 11.5 Å². The summed E-state index contributed by atoms with van der Waals surface area (Å²) in [6.45, 7) is 0. The average Bonchev–Trinajstić information content (AvgIpc) is 2.86. The van der Waals surface area contributed by atoms with Crippen LogP contribution in [-0.4, -0.2) is 7.12 Å². The van der Waals surface area contributed by atoms with Crippen molar-refractivity contribution < 1.29 is 62.0 Å². The summed E-state index contributed by atoms with van der Waals surface area (Å²) in [4.78, 5) is 0. The Hall–Kier alpha value is -4.04. The Morgan fingerprint density at radius 3 is 1.54 bits per heavy atom. The third-order valence-electron chi connectivity index (χ3n) is 4.98. The Morgan fingerprint density at radius 2 is 0.946 bits per heavy atom. The average molecular weight is 540 g/mol. The zero-order valence-corrected chi connectivity index (χ0v) is 17.3. The smallest absolute Gasteiger partial charge is 0.520 e. The van der Waals surface area contributed by atoms with Crippen LogP contribution < -0.4 is 14.8 Å². The number of rotatable bonds is 5. The molecule has 0 bridgehead atoms. The molecule has 0 spiro atoms. The third-order valence-corrected chi connectivity index (χ3v) is 4.98. The van der Waals surface area contributed by atoms with Gasteiger partial charge in [-0.1, -0.05) is 0 Å². The Bertz CT molecular complexity index is 1570. The molecule has 0 heterocycles. The summed E-state index contributed by atoms with van der Waals surface area (Å²) in [6.07, 6.45) is 0. The lowest BCUT2D eigenvalue weighted by Gasteiger charge is -2.21. The normalized spacial score (nSPS) is 11.2. The lowest BCUT2D eigenvalue weighted by atomic mass is 9.74. The molecule has 2 nitrogen and oxygen atoms in total. The van der Waals surface area contributed by atoms with Gasteiger partial charge in [0.15, 0.2) is 58.2 Å². The summed E-state index contributed by atoms with van der Waals surface area (Å²) >= 11 is 0. The Morgan fingerprint density at radius 1 is 0.432 bits per heavy atom. The summed E-state index contributed by atoms with van der Waals surface area (Å²) in [5, 5.41) is -3.86. The number of halogens is 12. The molecule has 0 unspecified atom stereocenters. The zero-order chi connectivity index (χ0) is 27.3. The van der Waals surface area contributed by atoms with Crippen LogP contribution in [0.1, 0.15) is 0 Å². The van der Waals surface area contributed by atoms with Gasteiger partial charge in [-0.15, -0.1) is 0 Å². The van der Waals surface area contributed by atoms with Crippen molar-refractivity contribution in [2.75, 3.05) is 0 Å². The van der Waals surface area contributed by atoms with E-state index in [1.165, 1.54) is 0 Å². The first-order chi connectivity index (χ1) is 17.3. The van der Waals surface area contributed by atoms with E-state index in [1.54, 1.807) is 0 Å². The van der Waals surface area contributed by atoms with Crippen molar-refractivity contribution in [2.45, 2.75) is 0 Å². The lowest BCUT2D eigenvalue weighted by Crippen LogP contribution is -2.46. The maximum Gasteiger partial charge on any atom is 0.636 e.